The number of anilines is 1. The van der Waals surface area contributed by atoms with E-state index in [9.17, 15) is 0 Å². The van der Waals surface area contributed by atoms with Crippen LogP contribution in [-0.2, 0) is 0 Å². The first-order chi connectivity index (χ1) is 7.66. The number of hydrogen-bond donors (Lipinski definition) is 1. The minimum Gasteiger partial charge on any atom is -0.435 e. The lowest BCUT2D eigenvalue weighted by Crippen LogP contribution is -1.97. The summed E-state index contributed by atoms with van der Waals surface area (Å²) in [5.74, 6) is 1.09. The molecule has 0 saturated heterocycles. The predicted octanol–water partition coefficient (Wildman–Crippen LogP) is 2.47. The SMILES string of the molecule is Cc1ccc(Oc2c(C)cccc2N)nn1. The Labute approximate surface area is 94.1 Å². The van der Waals surface area contributed by atoms with Gasteiger partial charge in [-0.2, -0.15) is 5.10 Å². The van der Waals surface area contributed by atoms with E-state index in [4.69, 9.17) is 10.5 Å². The third-order valence-electron chi connectivity index (χ3n) is 2.22. The van der Waals surface area contributed by atoms with Gasteiger partial charge in [0.25, 0.3) is 0 Å². The number of nitrogens with zero attached hydrogens (tertiary/aromatic N) is 2. The summed E-state index contributed by atoms with van der Waals surface area (Å²) in [6, 6.07) is 9.24. The minimum atomic E-state index is 0.451. The van der Waals surface area contributed by atoms with E-state index < -0.39 is 0 Å². The summed E-state index contributed by atoms with van der Waals surface area (Å²) in [4.78, 5) is 0. The first-order valence-corrected chi connectivity index (χ1v) is 5.00. The van der Waals surface area contributed by atoms with Crippen molar-refractivity contribution in [2.24, 2.45) is 0 Å². The Balaban J connectivity index is 2.30. The predicted molar refractivity (Wildman–Crippen MR) is 62.4 cm³/mol. The highest BCUT2D eigenvalue weighted by Gasteiger charge is 2.06. The number of benzene rings is 1. The molecule has 2 aromatic rings. The fraction of sp³-hybridized carbons (Fsp3) is 0.167. The molecule has 82 valence electrons. The molecule has 1 heterocycles. The number of rotatable bonds is 2. The van der Waals surface area contributed by atoms with Crippen molar-refractivity contribution in [2.45, 2.75) is 13.8 Å². The van der Waals surface area contributed by atoms with Gasteiger partial charge >= 0.3 is 0 Å². The van der Waals surface area contributed by atoms with E-state index in [1.54, 1.807) is 12.1 Å². The fourth-order valence-corrected chi connectivity index (χ4v) is 1.36. The highest BCUT2D eigenvalue weighted by atomic mass is 16.5. The molecule has 0 aliphatic carbocycles. The summed E-state index contributed by atoms with van der Waals surface area (Å²) in [6.45, 7) is 3.81. The molecule has 0 aliphatic heterocycles. The standard InChI is InChI=1S/C12H13N3O/c1-8-4-3-5-10(13)12(8)16-11-7-6-9(2)14-15-11/h3-7H,13H2,1-2H3. The van der Waals surface area contributed by atoms with Crippen molar-refractivity contribution in [3.8, 4) is 11.6 Å². The van der Waals surface area contributed by atoms with Crippen molar-refractivity contribution in [1.82, 2.24) is 10.2 Å². The van der Waals surface area contributed by atoms with E-state index in [2.05, 4.69) is 10.2 Å². The number of nitrogen functional groups attached to an aromatic ring is 1. The second kappa shape index (κ2) is 4.18. The van der Waals surface area contributed by atoms with Gasteiger partial charge in [0.05, 0.1) is 11.4 Å². The van der Waals surface area contributed by atoms with Gasteiger partial charge in [-0.25, -0.2) is 0 Å². The average Bonchev–Trinajstić information content (AvgIpc) is 2.26. The lowest BCUT2D eigenvalue weighted by atomic mass is 10.2. The highest BCUT2D eigenvalue weighted by molar-refractivity contribution is 5.57. The van der Waals surface area contributed by atoms with Crippen LogP contribution in [0.2, 0.25) is 0 Å². The van der Waals surface area contributed by atoms with E-state index in [1.165, 1.54) is 0 Å². The molecular weight excluding hydrogens is 202 g/mol. The van der Waals surface area contributed by atoms with Crippen LogP contribution >= 0.6 is 0 Å². The van der Waals surface area contributed by atoms with Crippen LogP contribution in [0, 0.1) is 13.8 Å². The van der Waals surface area contributed by atoms with Crippen LogP contribution < -0.4 is 10.5 Å². The summed E-state index contributed by atoms with van der Waals surface area (Å²) in [5, 5.41) is 7.85. The first-order valence-electron chi connectivity index (χ1n) is 5.00. The molecule has 0 aliphatic rings. The summed E-state index contributed by atoms with van der Waals surface area (Å²) < 4.78 is 5.60. The number of nitrogens with two attached hydrogens (primary N) is 1. The molecule has 1 aromatic carbocycles. The van der Waals surface area contributed by atoms with Gasteiger partial charge in [-0.3, -0.25) is 0 Å². The van der Waals surface area contributed by atoms with Crippen molar-refractivity contribution < 1.29 is 4.74 Å². The number of para-hydroxylation sites is 1. The largest absolute Gasteiger partial charge is 0.435 e. The van der Waals surface area contributed by atoms with Gasteiger partial charge < -0.3 is 10.5 Å². The number of aryl methyl sites for hydroxylation is 2. The highest BCUT2D eigenvalue weighted by Crippen LogP contribution is 2.29. The summed E-state index contributed by atoms with van der Waals surface area (Å²) >= 11 is 0. The minimum absolute atomic E-state index is 0.451. The maximum absolute atomic E-state index is 5.83. The van der Waals surface area contributed by atoms with E-state index in [0.29, 0.717) is 17.3 Å². The van der Waals surface area contributed by atoms with Gasteiger partial charge in [0.1, 0.15) is 0 Å². The Hall–Kier alpha value is -2.10. The Morgan fingerprint density at radius 1 is 1.06 bits per heavy atom. The van der Waals surface area contributed by atoms with E-state index in [-0.39, 0.29) is 0 Å². The summed E-state index contributed by atoms with van der Waals surface area (Å²) in [7, 11) is 0. The van der Waals surface area contributed by atoms with Gasteiger partial charge in [-0.05, 0) is 31.5 Å². The molecule has 2 rings (SSSR count). The molecule has 0 saturated carbocycles. The molecule has 16 heavy (non-hydrogen) atoms. The molecule has 2 N–H and O–H groups in total. The molecule has 0 spiro atoms. The molecular formula is C12H13N3O. The normalized spacial score (nSPS) is 10.1. The summed E-state index contributed by atoms with van der Waals surface area (Å²) in [5.41, 5.74) is 8.25. The van der Waals surface area contributed by atoms with Gasteiger partial charge in [0, 0.05) is 6.07 Å². The van der Waals surface area contributed by atoms with Crippen molar-refractivity contribution in [2.75, 3.05) is 5.73 Å². The topological polar surface area (TPSA) is 61.0 Å². The number of hydrogen-bond acceptors (Lipinski definition) is 4. The maximum atomic E-state index is 5.83. The van der Waals surface area contributed by atoms with Crippen LogP contribution in [-0.4, -0.2) is 10.2 Å². The van der Waals surface area contributed by atoms with Crippen LogP contribution in [0.15, 0.2) is 30.3 Å². The first kappa shape index (κ1) is 10.4. The van der Waals surface area contributed by atoms with Crippen LogP contribution in [0.4, 0.5) is 5.69 Å². The third kappa shape index (κ3) is 2.11. The number of aromatic nitrogens is 2. The fourth-order valence-electron chi connectivity index (χ4n) is 1.36. The molecule has 0 fully saturated rings. The molecule has 4 nitrogen and oxygen atoms in total. The average molecular weight is 215 g/mol. The molecule has 4 heteroatoms. The van der Waals surface area contributed by atoms with Gasteiger partial charge in [0.2, 0.25) is 5.88 Å². The van der Waals surface area contributed by atoms with E-state index >= 15 is 0 Å². The second-order valence-electron chi connectivity index (χ2n) is 3.61. The zero-order valence-electron chi connectivity index (χ0n) is 9.27. The van der Waals surface area contributed by atoms with Crippen molar-refractivity contribution in [3.05, 3.63) is 41.6 Å². The second-order valence-corrected chi connectivity index (χ2v) is 3.61. The van der Waals surface area contributed by atoms with Crippen LogP contribution in [0.1, 0.15) is 11.3 Å². The van der Waals surface area contributed by atoms with Crippen molar-refractivity contribution in [3.63, 3.8) is 0 Å². The van der Waals surface area contributed by atoms with Gasteiger partial charge in [-0.1, -0.05) is 12.1 Å². The third-order valence-corrected chi connectivity index (χ3v) is 2.22. The molecule has 0 unspecified atom stereocenters. The van der Waals surface area contributed by atoms with Gasteiger partial charge in [0.15, 0.2) is 5.75 Å². The molecule has 0 atom stereocenters. The number of ether oxygens (including phenoxy) is 1. The smallest absolute Gasteiger partial charge is 0.238 e. The van der Waals surface area contributed by atoms with Crippen LogP contribution in [0.25, 0.3) is 0 Å². The zero-order valence-corrected chi connectivity index (χ0v) is 9.27. The lowest BCUT2D eigenvalue weighted by molar-refractivity contribution is 0.453. The lowest BCUT2D eigenvalue weighted by Gasteiger charge is -2.09. The van der Waals surface area contributed by atoms with E-state index in [1.807, 2.05) is 32.0 Å². The molecule has 0 radical (unpaired) electrons. The quantitative estimate of drug-likeness (QED) is 0.782. The maximum Gasteiger partial charge on any atom is 0.238 e. The molecule has 0 bridgehead atoms. The Kier molecular flexibility index (Phi) is 2.72. The zero-order chi connectivity index (χ0) is 11.5. The van der Waals surface area contributed by atoms with Crippen LogP contribution in [0.5, 0.6) is 11.6 Å². The summed E-state index contributed by atoms with van der Waals surface area (Å²) in [6.07, 6.45) is 0. The Bertz CT molecular complexity index is 474. The van der Waals surface area contributed by atoms with E-state index in [0.717, 1.165) is 11.3 Å². The molecule has 1 aromatic heterocycles. The van der Waals surface area contributed by atoms with Crippen molar-refractivity contribution >= 4 is 5.69 Å². The van der Waals surface area contributed by atoms with Crippen LogP contribution in [0.3, 0.4) is 0 Å². The monoisotopic (exact) mass is 215 g/mol. The van der Waals surface area contributed by atoms with Gasteiger partial charge in [-0.15, -0.1) is 5.10 Å². The van der Waals surface area contributed by atoms with Crippen molar-refractivity contribution in [1.29, 1.82) is 0 Å². The Morgan fingerprint density at radius 2 is 1.88 bits per heavy atom. The Morgan fingerprint density at radius 3 is 2.50 bits per heavy atom. The molecule has 0 amide bonds.